The van der Waals surface area contributed by atoms with Gasteiger partial charge in [-0.3, -0.25) is 0 Å². The summed E-state index contributed by atoms with van der Waals surface area (Å²) in [5.74, 6) is 0.278. The number of H-pyrrole nitrogens is 1. The SMILES string of the molecule is O=c1[nH]nc(Cc2ccccc2)n1NS(=O)(=O)c1ccccc1. The molecule has 1 heterocycles. The fourth-order valence-corrected chi connectivity index (χ4v) is 3.14. The second kappa shape index (κ2) is 6.09. The molecule has 3 rings (SSSR count). The fraction of sp³-hybridized carbons (Fsp3) is 0.0667. The van der Waals surface area contributed by atoms with Crippen molar-refractivity contribution >= 4 is 10.0 Å². The summed E-state index contributed by atoms with van der Waals surface area (Å²) >= 11 is 0. The Morgan fingerprint density at radius 3 is 2.26 bits per heavy atom. The Bertz CT molecular complexity index is 947. The van der Waals surface area contributed by atoms with E-state index in [0.717, 1.165) is 10.2 Å². The van der Waals surface area contributed by atoms with Crippen LogP contribution in [0.1, 0.15) is 11.4 Å². The highest BCUT2D eigenvalue weighted by atomic mass is 32.2. The van der Waals surface area contributed by atoms with Crippen molar-refractivity contribution in [3.8, 4) is 0 Å². The summed E-state index contributed by atoms with van der Waals surface area (Å²) in [6.45, 7) is 0. The molecule has 1 aromatic heterocycles. The van der Waals surface area contributed by atoms with Crippen LogP contribution in [0.15, 0.2) is 70.4 Å². The number of sulfonamides is 1. The van der Waals surface area contributed by atoms with Crippen LogP contribution >= 0.6 is 0 Å². The molecule has 2 N–H and O–H groups in total. The van der Waals surface area contributed by atoms with Gasteiger partial charge in [-0.1, -0.05) is 48.5 Å². The van der Waals surface area contributed by atoms with E-state index in [2.05, 4.69) is 15.0 Å². The second-order valence-electron chi connectivity index (χ2n) is 4.85. The maximum atomic E-state index is 12.3. The first-order valence-corrected chi connectivity index (χ1v) is 8.33. The van der Waals surface area contributed by atoms with Crippen LogP contribution in [0.5, 0.6) is 0 Å². The molecule has 0 aliphatic rings. The molecule has 0 bridgehead atoms. The molecule has 0 unspecified atom stereocenters. The first kappa shape index (κ1) is 15.0. The lowest BCUT2D eigenvalue weighted by molar-refractivity contribution is 0.593. The molecule has 0 saturated carbocycles. The summed E-state index contributed by atoms with van der Waals surface area (Å²) in [5.41, 5.74) is 0.266. The minimum atomic E-state index is -3.87. The zero-order valence-electron chi connectivity index (χ0n) is 12.0. The number of hydrogen-bond donors (Lipinski definition) is 2. The lowest BCUT2D eigenvalue weighted by Gasteiger charge is -2.10. The smallest absolute Gasteiger partial charge is 0.244 e. The standard InChI is InChI=1S/C15H14N4O3S/c20-15-17-16-14(11-12-7-3-1-4-8-12)19(15)18-23(21,22)13-9-5-2-6-10-13/h1-10,18H,11H2,(H,17,20). The Morgan fingerprint density at radius 2 is 1.61 bits per heavy atom. The average molecular weight is 330 g/mol. The van der Waals surface area contributed by atoms with E-state index in [1.165, 1.54) is 12.1 Å². The van der Waals surface area contributed by atoms with E-state index in [0.29, 0.717) is 6.42 Å². The molecule has 0 spiro atoms. The molecule has 8 heteroatoms. The third kappa shape index (κ3) is 3.32. The van der Waals surface area contributed by atoms with Crippen LogP contribution in [0.25, 0.3) is 0 Å². The number of aromatic nitrogens is 3. The second-order valence-corrected chi connectivity index (χ2v) is 6.51. The first-order chi connectivity index (χ1) is 11.1. The van der Waals surface area contributed by atoms with Crippen LogP contribution in [0.2, 0.25) is 0 Å². The molecule has 23 heavy (non-hydrogen) atoms. The molecule has 7 nitrogen and oxygen atoms in total. The van der Waals surface area contributed by atoms with Gasteiger partial charge in [-0.15, -0.1) is 0 Å². The summed E-state index contributed by atoms with van der Waals surface area (Å²) < 4.78 is 25.6. The Labute approximate surface area is 132 Å². The molecule has 0 aliphatic heterocycles. The molecule has 0 radical (unpaired) electrons. The Kier molecular flexibility index (Phi) is 3.98. The molecule has 3 aromatic rings. The molecule has 2 aromatic carbocycles. The number of nitrogens with zero attached hydrogens (tertiary/aromatic N) is 2. The monoisotopic (exact) mass is 330 g/mol. The molecule has 0 amide bonds. The summed E-state index contributed by atoms with van der Waals surface area (Å²) in [4.78, 5) is 14.2. The van der Waals surface area contributed by atoms with Crippen molar-refractivity contribution in [3.05, 3.63) is 82.5 Å². The fourth-order valence-electron chi connectivity index (χ4n) is 2.09. The van der Waals surface area contributed by atoms with Gasteiger partial charge in [-0.25, -0.2) is 14.7 Å². The quantitative estimate of drug-likeness (QED) is 0.732. The van der Waals surface area contributed by atoms with E-state index in [-0.39, 0.29) is 10.7 Å². The van der Waals surface area contributed by atoms with E-state index in [1.54, 1.807) is 18.2 Å². The maximum Gasteiger partial charge on any atom is 0.363 e. The third-order valence-corrected chi connectivity index (χ3v) is 4.53. The van der Waals surface area contributed by atoms with Gasteiger partial charge in [-0.05, 0) is 17.7 Å². The molecular formula is C15H14N4O3S. The third-order valence-electron chi connectivity index (χ3n) is 3.21. The van der Waals surface area contributed by atoms with Gasteiger partial charge in [0.25, 0.3) is 10.0 Å². The van der Waals surface area contributed by atoms with Crippen molar-refractivity contribution in [2.75, 3.05) is 4.83 Å². The molecule has 0 aliphatic carbocycles. The van der Waals surface area contributed by atoms with E-state index < -0.39 is 15.7 Å². The van der Waals surface area contributed by atoms with Crippen molar-refractivity contribution in [1.82, 2.24) is 14.9 Å². The lowest BCUT2D eigenvalue weighted by Crippen LogP contribution is -2.33. The van der Waals surface area contributed by atoms with Crippen LogP contribution in [-0.2, 0) is 16.4 Å². The molecule has 0 fully saturated rings. The van der Waals surface area contributed by atoms with Gasteiger partial charge < -0.3 is 0 Å². The number of nitrogens with one attached hydrogen (secondary N) is 2. The van der Waals surface area contributed by atoms with Gasteiger partial charge in [0.2, 0.25) is 0 Å². The maximum absolute atomic E-state index is 12.3. The van der Waals surface area contributed by atoms with Crippen LogP contribution in [0.3, 0.4) is 0 Å². The predicted octanol–water partition coefficient (Wildman–Crippen LogP) is 1.09. The molecule has 118 valence electrons. The van der Waals surface area contributed by atoms with Crippen LogP contribution < -0.4 is 10.5 Å². The molecule has 0 saturated heterocycles. The zero-order chi connectivity index (χ0) is 16.3. The summed E-state index contributed by atoms with van der Waals surface area (Å²) in [7, 11) is -3.87. The molecule has 0 atom stereocenters. The Morgan fingerprint density at radius 1 is 1.00 bits per heavy atom. The van der Waals surface area contributed by atoms with Gasteiger partial charge in [0, 0.05) is 6.42 Å². The first-order valence-electron chi connectivity index (χ1n) is 6.84. The van der Waals surface area contributed by atoms with Crippen molar-refractivity contribution in [1.29, 1.82) is 0 Å². The number of aromatic amines is 1. The van der Waals surface area contributed by atoms with Gasteiger partial charge in [0.15, 0.2) is 5.82 Å². The topological polar surface area (TPSA) is 96.8 Å². The van der Waals surface area contributed by atoms with Gasteiger partial charge in [0.1, 0.15) is 0 Å². The van der Waals surface area contributed by atoms with Crippen LogP contribution in [-0.4, -0.2) is 23.3 Å². The highest BCUT2D eigenvalue weighted by Crippen LogP contribution is 2.09. The summed E-state index contributed by atoms with van der Waals surface area (Å²) in [6.07, 6.45) is 0.316. The van der Waals surface area contributed by atoms with E-state index in [4.69, 9.17) is 0 Å². The van der Waals surface area contributed by atoms with E-state index >= 15 is 0 Å². The lowest BCUT2D eigenvalue weighted by atomic mass is 10.1. The largest absolute Gasteiger partial charge is 0.363 e. The minimum Gasteiger partial charge on any atom is -0.244 e. The zero-order valence-corrected chi connectivity index (χ0v) is 12.8. The average Bonchev–Trinajstić information content (AvgIpc) is 2.89. The van der Waals surface area contributed by atoms with E-state index in [9.17, 15) is 13.2 Å². The van der Waals surface area contributed by atoms with Crippen molar-refractivity contribution in [2.24, 2.45) is 0 Å². The highest BCUT2D eigenvalue weighted by Gasteiger charge is 2.18. The summed E-state index contributed by atoms with van der Waals surface area (Å²) in [5, 5.41) is 6.15. The van der Waals surface area contributed by atoms with Crippen molar-refractivity contribution in [3.63, 3.8) is 0 Å². The van der Waals surface area contributed by atoms with E-state index in [1.807, 2.05) is 30.3 Å². The summed E-state index contributed by atoms with van der Waals surface area (Å²) in [6, 6.07) is 17.2. The minimum absolute atomic E-state index is 0.0683. The van der Waals surface area contributed by atoms with Gasteiger partial charge >= 0.3 is 5.69 Å². The Balaban J connectivity index is 1.92. The van der Waals surface area contributed by atoms with Crippen molar-refractivity contribution in [2.45, 2.75) is 11.3 Å². The van der Waals surface area contributed by atoms with Crippen LogP contribution in [0.4, 0.5) is 0 Å². The highest BCUT2D eigenvalue weighted by molar-refractivity contribution is 7.92. The Hall–Kier alpha value is -2.87. The van der Waals surface area contributed by atoms with Gasteiger partial charge in [0.05, 0.1) is 4.90 Å². The number of rotatable bonds is 5. The predicted molar refractivity (Wildman–Crippen MR) is 85.1 cm³/mol. The van der Waals surface area contributed by atoms with Crippen molar-refractivity contribution < 1.29 is 8.42 Å². The van der Waals surface area contributed by atoms with Gasteiger partial charge in [-0.2, -0.15) is 18.2 Å². The number of hydrogen-bond acceptors (Lipinski definition) is 4. The number of benzene rings is 2. The van der Waals surface area contributed by atoms with Crippen LogP contribution in [0, 0.1) is 0 Å². The molecular weight excluding hydrogens is 316 g/mol. The normalized spacial score (nSPS) is 11.3.